The van der Waals surface area contributed by atoms with Gasteiger partial charge in [0.15, 0.2) is 0 Å². The van der Waals surface area contributed by atoms with Crippen LogP contribution in [-0.2, 0) is 5.54 Å². The summed E-state index contributed by atoms with van der Waals surface area (Å²) in [7, 11) is 0. The van der Waals surface area contributed by atoms with Gasteiger partial charge in [0.05, 0.1) is 5.54 Å². The Morgan fingerprint density at radius 2 is 2.05 bits per heavy atom. The summed E-state index contributed by atoms with van der Waals surface area (Å²) in [4.78, 5) is 4.37. The summed E-state index contributed by atoms with van der Waals surface area (Å²) in [5.41, 5.74) is 8.65. The molecule has 0 radical (unpaired) electrons. The van der Waals surface area contributed by atoms with Gasteiger partial charge in [-0.2, -0.15) is 0 Å². The second-order valence-electron chi connectivity index (χ2n) is 5.55. The molecule has 3 rings (SSSR count). The molecule has 3 nitrogen and oxygen atoms in total. The molecule has 1 saturated carbocycles. The lowest BCUT2D eigenvalue weighted by molar-refractivity contribution is 0.252. The monoisotopic (exact) mass is 271 g/mol. The molecule has 0 N–H and O–H groups in total. The van der Waals surface area contributed by atoms with E-state index in [1.54, 1.807) is 11.3 Å². The highest BCUT2D eigenvalue weighted by atomic mass is 32.1. The third-order valence-corrected chi connectivity index (χ3v) is 5.53. The summed E-state index contributed by atoms with van der Waals surface area (Å²) in [6.07, 6.45) is 4.25. The minimum atomic E-state index is -0.301. The molecule has 0 spiro atoms. The van der Waals surface area contributed by atoms with Crippen LogP contribution in [0.5, 0.6) is 0 Å². The molecule has 19 heavy (non-hydrogen) atoms. The molecule has 2 aromatic rings. The summed E-state index contributed by atoms with van der Waals surface area (Å²) in [5.74, 6) is 0.747. The van der Waals surface area contributed by atoms with Crippen LogP contribution >= 0.6 is 11.3 Å². The Hall–Kier alpha value is -1.51. The molecule has 1 aliphatic carbocycles. The normalized spacial score (nSPS) is 27.1. The minimum Gasteiger partial charge on any atom is -0.140 e. The van der Waals surface area contributed by atoms with E-state index in [1.165, 1.54) is 15.0 Å². The third kappa shape index (κ3) is 2.22. The van der Waals surface area contributed by atoms with Crippen molar-refractivity contribution in [2.75, 3.05) is 0 Å². The second-order valence-corrected chi connectivity index (χ2v) is 6.64. The van der Waals surface area contributed by atoms with Gasteiger partial charge in [-0.15, -0.1) is 11.3 Å². The Bertz CT molecular complexity index is 599. The Morgan fingerprint density at radius 1 is 1.32 bits per heavy atom. The average Bonchev–Trinajstić information content (AvgIpc) is 2.86. The minimum absolute atomic E-state index is 0.301. The van der Waals surface area contributed by atoms with Crippen LogP contribution in [0.25, 0.3) is 20.5 Å². The molecular weight excluding hydrogens is 254 g/mol. The molecule has 0 amide bonds. The van der Waals surface area contributed by atoms with Crippen molar-refractivity contribution in [3.8, 4) is 0 Å². The predicted molar refractivity (Wildman–Crippen MR) is 80.3 cm³/mol. The first-order chi connectivity index (χ1) is 9.23. The Labute approximate surface area is 116 Å². The van der Waals surface area contributed by atoms with E-state index in [4.69, 9.17) is 5.53 Å². The van der Waals surface area contributed by atoms with Crippen molar-refractivity contribution in [2.24, 2.45) is 11.0 Å². The van der Waals surface area contributed by atoms with Crippen LogP contribution in [0.1, 0.15) is 37.5 Å². The van der Waals surface area contributed by atoms with Gasteiger partial charge in [0, 0.05) is 14.5 Å². The maximum atomic E-state index is 8.95. The number of fused-ring (bicyclic) bond motifs is 1. The lowest BCUT2D eigenvalue weighted by Gasteiger charge is -2.34. The molecule has 1 aliphatic rings. The van der Waals surface area contributed by atoms with E-state index in [0.29, 0.717) is 0 Å². The maximum absolute atomic E-state index is 8.95. The van der Waals surface area contributed by atoms with E-state index in [-0.39, 0.29) is 5.54 Å². The van der Waals surface area contributed by atoms with Crippen molar-refractivity contribution >= 4 is 21.4 Å². The molecular formula is C15H17N3S. The molecule has 98 valence electrons. The van der Waals surface area contributed by atoms with Crippen molar-refractivity contribution in [2.45, 2.75) is 38.1 Å². The van der Waals surface area contributed by atoms with Gasteiger partial charge in [0.2, 0.25) is 0 Å². The van der Waals surface area contributed by atoms with Gasteiger partial charge in [-0.3, -0.25) is 0 Å². The highest BCUT2D eigenvalue weighted by Crippen LogP contribution is 2.46. The van der Waals surface area contributed by atoms with Crippen molar-refractivity contribution in [1.29, 1.82) is 0 Å². The van der Waals surface area contributed by atoms with E-state index in [0.717, 1.165) is 31.6 Å². The summed E-state index contributed by atoms with van der Waals surface area (Å²) in [6, 6.07) is 10.6. The third-order valence-electron chi connectivity index (χ3n) is 4.22. The summed E-state index contributed by atoms with van der Waals surface area (Å²) < 4.78 is 1.28. The second kappa shape index (κ2) is 4.87. The Morgan fingerprint density at radius 3 is 2.74 bits per heavy atom. The van der Waals surface area contributed by atoms with Gasteiger partial charge < -0.3 is 0 Å². The van der Waals surface area contributed by atoms with Crippen molar-refractivity contribution < 1.29 is 0 Å². The molecule has 1 aromatic carbocycles. The number of benzene rings is 1. The fraction of sp³-hybridized carbons (Fsp3) is 0.467. The van der Waals surface area contributed by atoms with E-state index >= 15 is 0 Å². The lowest BCUT2D eigenvalue weighted by Crippen LogP contribution is -2.27. The SMILES string of the molecule is CC1CCC(N=[N+]=[N-])(c2cc3ccccc3s2)CC1. The van der Waals surface area contributed by atoms with Crippen LogP contribution in [-0.4, -0.2) is 0 Å². The number of rotatable bonds is 2. The predicted octanol–water partition coefficient (Wildman–Crippen LogP) is 5.62. The number of hydrogen-bond donors (Lipinski definition) is 0. The zero-order valence-corrected chi connectivity index (χ0v) is 11.9. The fourth-order valence-electron chi connectivity index (χ4n) is 2.93. The van der Waals surface area contributed by atoms with Gasteiger partial charge in [0.1, 0.15) is 0 Å². The van der Waals surface area contributed by atoms with Gasteiger partial charge in [-0.25, -0.2) is 0 Å². The quantitative estimate of drug-likeness (QED) is 0.387. The van der Waals surface area contributed by atoms with Crippen LogP contribution < -0.4 is 0 Å². The standard InChI is InChI=1S/C15H17N3S/c1-11-6-8-15(9-7-11,17-18-16)14-10-12-4-2-3-5-13(12)19-14/h2-5,10-11H,6-9H2,1H3. The van der Waals surface area contributed by atoms with Crippen molar-refractivity contribution in [1.82, 2.24) is 0 Å². The molecule has 0 bridgehead atoms. The van der Waals surface area contributed by atoms with Crippen LogP contribution in [0.15, 0.2) is 35.4 Å². The molecule has 0 unspecified atom stereocenters. The molecule has 0 atom stereocenters. The van der Waals surface area contributed by atoms with Gasteiger partial charge in [-0.05, 0) is 54.7 Å². The summed E-state index contributed by atoms with van der Waals surface area (Å²) >= 11 is 1.78. The van der Waals surface area contributed by atoms with Gasteiger partial charge >= 0.3 is 0 Å². The zero-order valence-electron chi connectivity index (χ0n) is 11.0. The average molecular weight is 271 g/mol. The van der Waals surface area contributed by atoms with Gasteiger partial charge in [-0.1, -0.05) is 30.2 Å². The highest BCUT2D eigenvalue weighted by Gasteiger charge is 2.36. The van der Waals surface area contributed by atoms with Gasteiger partial charge in [0.25, 0.3) is 0 Å². The smallest absolute Gasteiger partial charge is 0.0831 e. The van der Waals surface area contributed by atoms with Crippen LogP contribution in [0, 0.1) is 5.92 Å². The maximum Gasteiger partial charge on any atom is 0.0831 e. The van der Waals surface area contributed by atoms with E-state index in [9.17, 15) is 0 Å². The summed E-state index contributed by atoms with van der Waals surface area (Å²) in [6.45, 7) is 2.28. The van der Waals surface area contributed by atoms with Crippen LogP contribution in [0.3, 0.4) is 0 Å². The molecule has 0 aliphatic heterocycles. The van der Waals surface area contributed by atoms with E-state index < -0.39 is 0 Å². The number of hydrogen-bond acceptors (Lipinski definition) is 2. The van der Waals surface area contributed by atoms with E-state index in [1.807, 2.05) is 0 Å². The fourth-order valence-corrected chi connectivity index (χ4v) is 4.18. The molecule has 1 fully saturated rings. The first kappa shape index (κ1) is 12.5. The molecule has 1 aromatic heterocycles. The van der Waals surface area contributed by atoms with Crippen molar-refractivity contribution in [3.05, 3.63) is 45.7 Å². The van der Waals surface area contributed by atoms with E-state index in [2.05, 4.69) is 47.3 Å². The van der Waals surface area contributed by atoms with Crippen LogP contribution in [0.4, 0.5) is 0 Å². The largest absolute Gasteiger partial charge is 0.140 e. The zero-order chi connectivity index (χ0) is 13.3. The number of nitrogens with zero attached hydrogens (tertiary/aromatic N) is 3. The lowest BCUT2D eigenvalue weighted by atomic mass is 9.77. The Balaban J connectivity index is 2.06. The number of thiophene rings is 1. The molecule has 1 heterocycles. The molecule has 4 heteroatoms. The summed E-state index contributed by atoms with van der Waals surface area (Å²) in [5, 5.41) is 5.46. The topological polar surface area (TPSA) is 48.8 Å². The molecule has 0 saturated heterocycles. The first-order valence-electron chi connectivity index (χ1n) is 6.79. The highest BCUT2D eigenvalue weighted by molar-refractivity contribution is 7.19. The number of azide groups is 1. The first-order valence-corrected chi connectivity index (χ1v) is 7.60. The van der Waals surface area contributed by atoms with Crippen molar-refractivity contribution in [3.63, 3.8) is 0 Å². The Kier molecular flexibility index (Phi) is 3.21. The van der Waals surface area contributed by atoms with Crippen LogP contribution in [0.2, 0.25) is 0 Å².